The van der Waals surface area contributed by atoms with Crippen molar-refractivity contribution in [3.63, 3.8) is 0 Å². The van der Waals surface area contributed by atoms with Crippen LogP contribution >= 0.6 is 0 Å². The highest BCUT2D eigenvalue weighted by Crippen LogP contribution is 2.47. The Hall–Kier alpha value is -4.30. The standard InChI is InChI=1S/C35H34F3N5O3/c1-4-23-25(37)9-8-19-13-22(44)14-24(26(19)23)29-28(38)30-27-31(42(3)21-7-5-10-34(2,16-21)46-32(27)39-29)41-33(40-30)45-18-35-11-6-12-43(35)17-20(36)15-35/h1,8-9,13-14,20-21,44H,5-7,10-12,15-18H2,2-3H3/t20-,21?,34?,35+/m1/s1. The largest absolute Gasteiger partial charge is 0.508 e. The van der Waals surface area contributed by atoms with Crippen LogP contribution in [-0.2, 0) is 0 Å². The second-order valence-electron chi connectivity index (χ2n) is 13.6. The lowest BCUT2D eigenvalue weighted by Gasteiger charge is -2.44. The highest BCUT2D eigenvalue weighted by molar-refractivity contribution is 6.04. The van der Waals surface area contributed by atoms with Crippen LogP contribution in [0.15, 0.2) is 24.3 Å². The number of phenolic OH excluding ortho intramolecular Hbond substituents is 1. The van der Waals surface area contributed by atoms with Crippen LogP contribution in [0.4, 0.5) is 19.0 Å². The van der Waals surface area contributed by atoms with Gasteiger partial charge >= 0.3 is 6.01 Å². The monoisotopic (exact) mass is 629 g/mol. The molecule has 4 atom stereocenters. The summed E-state index contributed by atoms with van der Waals surface area (Å²) in [5.74, 6) is 1.31. The minimum absolute atomic E-state index is 0.0323. The van der Waals surface area contributed by atoms with Gasteiger partial charge in [0.1, 0.15) is 52.4 Å². The average molecular weight is 630 g/mol. The molecular formula is C35H34F3N5O3. The quantitative estimate of drug-likeness (QED) is 0.264. The van der Waals surface area contributed by atoms with Crippen LogP contribution in [0.25, 0.3) is 32.9 Å². The van der Waals surface area contributed by atoms with Crippen molar-refractivity contribution >= 4 is 27.5 Å². The van der Waals surface area contributed by atoms with Gasteiger partial charge < -0.3 is 19.5 Å². The van der Waals surface area contributed by atoms with Gasteiger partial charge in [-0.25, -0.2) is 18.2 Å². The number of halogens is 3. The minimum atomic E-state index is -0.928. The maximum atomic E-state index is 17.0. The second kappa shape index (κ2) is 10.4. The van der Waals surface area contributed by atoms with Gasteiger partial charge in [0.2, 0.25) is 5.88 Å². The van der Waals surface area contributed by atoms with Gasteiger partial charge in [0.05, 0.1) is 11.1 Å². The maximum absolute atomic E-state index is 17.0. The number of rotatable bonds is 4. The van der Waals surface area contributed by atoms with Gasteiger partial charge in [0.25, 0.3) is 0 Å². The van der Waals surface area contributed by atoms with Crippen molar-refractivity contribution in [1.82, 2.24) is 19.9 Å². The number of hydrogen-bond donors (Lipinski definition) is 1. The molecule has 3 aliphatic heterocycles. The molecule has 1 saturated carbocycles. The van der Waals surface area contributed by atoms with Crippen molar-refractivity contribution < 1.29 is 27.8 Å². The first-order valence-corrected chi connectivity index (χ1v) is 15.9. The van der Waals surface area contributed by atoms with Crippen LogP contribution in [0.3, 0.4) is 0 Å². The summed E-state index contributed by atoms with van der Waals surface area (Å²) in [7, 11) is 1.93. The van der Waals surface area contributed by atoms with E-state index in [9.17, 15) is 13.9 Å². The van der Waals surface area contributed by atoms with Crippen LogP contribution in [0.1, 0.15) is 57.4 Å². The number of pyridine rings is 1. The van der Waals surface area contributed by atoms with Crippen molar-refractivity contribution in [2.75, 3.05) is 31.6 Å². The molecule has 238 valence electrons. The van der Waals surface area contributed by atoms with Crippen LogP contribution < -0.4 is 14.4 Å². The van der Waals surface area contributed by atoms with Gasteiger partial charge in [0, 0.05) is 43.4 Å². The normalized spacial score (nSPS) is 27.3. The highest BCUT2D eigenvalue weighted by atomic mass is 19.1. The number of aromatic nitrogens is 3. The Morgan fingerprint density at radius 3 is 2.80 bits per heavy atom. The second-order valence-corrected chi connectivity index (χ2v) is 13.6. The van der Waals surface area contributed by atoms with Gasteiger partial charge in [0.15, 0.2) is 5.82 Å². The number of ether oxygens (including phenoxy) is 2. The molecule has 8 rings (SSSR count). The first-order chi connectivity index (χ1) is 22.1. The van der Waals surface area contributed by atoms with E-state index in [0.29, 0.717) is 36.0 Å². The molecule has 2 aromatic carbocycles. The fourth-order valence-electron chi connectivity index (χ4n) is 8.32. The van der Waals surface area contributed by atoms with Gasteiger partial charge in [-0.15, -0.1) is 6.42 Å². The molecule has 8 nitrogen and oxygen atoms in total. The Kier molecular flexibility index (Phi) is 6.56. The third-order valence-electron chi connectivity index (χ3n) is 10.5. The lowest BCUT2D eigenvalue weighted by atomic mass is 9.82. The van der Waals surface area contributed by atoms with Crippen LogP contribution in [-0.4, -0.2) is 75.1 Å². The zero-order valence-electron chi connectivity index (χ0n) is 25.7. The van der Waals surface area contributed by atoms with Crippen LogP contribution in [0.5, 0.6) is 17.6 Å². The Labute approximate surface area is 264 Å². The maximum Gasteiger partial charge on any atom is 0.319 e. The zero-order valence-corrected chi connectivity index (χ0v) is 25.7. The summed E-state index contributed by atoms with van der Waals surface area (Å²) < 4.78 is 59.4. The summed E-state index contributed by atoms with van der Waals surface area (Å²) in [6.45, 7) is 3.38. The third kappa shape index (κ3) is 4.44. The molecule has 2 unspecified atom stereocenters. The molecule has 1 aliphatic carbocycles. The number of nitrogens with zero attached hydrogens (tertiary/aromatic N) is 5. The van der Waals surface area contributed by atoms with Crippen molar-refractivity contribution in [3.05, 3.63) is 41.5 Å². The fourth-order valence-corrected chi connectivity index (χ4v) is 8.32. The van der Waals surface area contributed by atoms with Crippen molar-refractivity contribution in [2.45, 2.75) is 75.2 Å². The Bertz CT molecular complexity index is 1970. The van der Waals surface area contributed by atoms with E-state index in [1.807, 2.05) is 18.9 Å². The summed E-state index contributed by atoms with van der Waals surface area (Å²) in [4.78, 5) is 18.3. The molecule has 2 saturated heterocycles. The molecule has 4 aliphatic rings. The van der Waals surface area contributed by atoms with Gasteiger partial charge in [-0.1, -0.05) is 12.0 Å². The minimum Gasteiger partial charge on any atom is -0.508 e. The Morgan fingerprint density at radius 2 is 1.98 bits per heavy atom. The smallest absolute Gasteiger partial charge is 0.319 e. The first-order valence-electron chi connectivity index (χ1n) is 15.9. The molecule has 4 aromatic rings. The van der Waals surface area contributed by atoms with Crippen LogP contribution in [0, 0.1) is 24.0 Å². The summed E-state index contributed by atoms with van der Waals surface area (Å²) in [6.07, 6.45) is 10.2. The predicted molar refractivity (Wildman–Crippen MR) is 168 cm³/mol. The van der Waals surface area contributed by atoms with Gasteiger partial charge in [-0.05, 0) is 69.2 Å². The number of alkyl halides is 1. The molecule has 3 fully saturated rings. The lowest BCUT2D eigenvalue weighted by Crippen LogP contribution is -2.48. The van der Waals surface area contributed by atoms with Crippen molar-refractivity contribution in [1.29, 1.82) is 0 Å². The zero-order chi connectivity index (χ0) is 32.0. The molecule has 0 spiro atoms. The van der Waals surface area contributed by atoms with E-state index in [0.717, 1.165) is 38.6 Å². The number of anilines is 1. The summed E-state index contributed by atoms with van der Waals surface area (Å²) in [5.41, 5.74) is -1.29. The molecular weight excluding hydrogens is 595 g/mol. The summed E-state index contributed by atoms with van der Waals surface area (Å²) in [5, 5.41) is 11.6. The molecule has 2 bridgehead atoms. The predicted octanol–water partition coefficient (Wildman–Crippen LogP) is 6.30. The molecule has 0 radical (unpaired) electrons. The van der Waals surface area contributed by atoms with E-state index >= 15 is 4.39 Å². The SMILES string of the molecule is C#Cc1c(F)ccc2cc(O)cc(-c3nc4c5c(nc(OC[C@@]67CCCN6C[C@H](F)C7)nc5c3F)N(C)C3CCCC(C)(C3)O4)c12. The van der Waals surface area contributed by atoms with E-state index in [4.69, 9.17) is 25.9 Å². The molecule has 2 aromatic heterocycles. The molecule has 11 heteroatoms. The number of aromatic hydroxyl groups is 1. The first kappa shape index (κ1) is 29.1. The summed E-state index contributed by atoms with van der Waals surface area (Å²) >= 11 is 0. The molecule has 46 heavy (non-hydrogen) atoms. The van der Waals surface area contributed by atoms with Crippen LogP contribution in [0.2, 0.25) is 0 Å². The van der Waals surface area contributed by atoms with Gasteiger partial charge in [-0.3, -0.25) is 4.90 Å². The molecule has 1 N–H and O–H groups in total. The average Bonchev–Trinajstić information content (AvgIpc) is 3.55. The summed E-state index contributed by atoms with van der Waals surface area (Å²) in [6, 6.07) is 5.49. The topological polar surface area (TPSA) is 83.8 Å². The van der Waals surface area contributed by atoms with E-state index in [-0.39, 0.29) is 58.0 Å². The number of terminal acetylenes is 1. The van der Waals surface area contributed by atoms with E-state index in [1.54, 1.807) is 0 Å². The van der Waals surface area contributed by atoms with E-state index in [1.165, 1.54) is 24.3 Å². The van der Waals surface area contributed by atoms with E-state index in [2.05, 4.69) is 15.8 Å². The van der Waals surface area contributed by atoms with Gasteiger partial charge in [-0.2, -0.15) is 9.97 Å². The third-order valence-corrected chi connectivity index (χ3v) is 10.5. The number of benzene rings is 2. The number of hydrogen-bond acceptors (Lipinski definition) is 8. The lowest BCUT2D eigenvalue weighted by molar-refractivity contribution is 0.0359. The highest BCUT2D eigenvalue weighted by Gasteiger charge is 2.49. The Balaban J connectivity index is 1.36. The number of fused-ring (bicyclic) bond motifs is 4. The number of phenols is 1. The molecule has 0 amide bonds. The molecule has 5 heterocycles. The van der Waals surface area contributed by atoms with Crippen molar-refractivity contribution in [3.8, 4) is 41.2 Å². The Morgan fingerprint density at radius 1 is 1.13 bits per heavy atom. The van der Waals surface area contributed by atoms with E-state index < -0.39 is 28.9 Å². The fraction of sp³-hybridized carbons (Fsp3) is 0.457. The van der Waals surface area contributed by atoms with Crippen molar-refractivity contribution in [2.24, 2.45) is 0 Å².